The molecule has 0 saturated carbocycles. The molecule has 0 unspecified atom stereocenters. The maximum absolute atomic E-state index is 4.27. The first kappa shape index (κ1) is 9.21. The van der Waals surface area contributed by atoms with E-state index in [9.17, 15) is 0 Å². The van der Waals surface area contributed by atoms with Crippen LogP contribution in [0.1, 0.15) is 10.4 Å². The van der Waals surface area contributed by atoms with E-state index in [1.165, 1.54) is 10.4 Å². The van der Waals surface area contributed by atoms with E-state index < -0.39 is 0 Å². The van der Waals surface area contributed by atoms with Crippen molar-refractivity contribution in [1.82, 2.24) is 4.98 Å². The van der Waals surface area contributed by atoms with Gasteiger partial charge in [0.2, 0.25) is 0 Å². The van der Waals surface area contributed by atoms with Gasteiger partial charge in [-0.2, -0.15) is 0 Å². The Morgan fingerprint density at radius 3 is 3.00 bits per heavy atom. The first-order valence-electron chi connectivity index (χ1n) is 4.54. The van der Waals surface area contributed by atoms with Crippen LogP contribution in [0.5, 0.6) is 0 Å². The summed E-state index contributed by atoms with van der Waals surface area (Å²) in [5.74, 6) is 0.973. The Kier molecular flexibility index (Phi) is 2.79. The zero-order chi connectivity index (χ0) is 9.80. The number of nitrogens with zero attached hydrogens (tertiary/aromatic N) is 1. The highest BCUT2D eigenvalue weighted by atomic mass is 32.1. The maximum Gasteiger partial charge on any atom is 0.129 e. The number of rotatable bonds is 3. The standard InChI is InChI=1S/C11H12N2S/c1-9-4-2-6-12-11(9)13-8-10-5-3-7-14-10/h2-7H,8H2,1H3,(H,12,13). The highest BCUT2D eigenvalue weighted by molar-refractivity contribution is 7.09. The van der Waals surface area contributed by atoms with Crippen LogP contribution in [-0.4, -0.2) is 4.98 Å². The second-order valence-electron chi connectivity index (χ2n) is 3.10. The molecule has 14 heavy (non-hydrogen) atoms. The first-order valence-corrected chi connectivity index (χ1v) is 5.42. The molecule has 2 rings (SSSR count). The number of pyridine rings is 1. The minimum atomic E-state index is 0.857. The molecule has 0 atom stereocenters. The molecule has 2 heterocycles. The topological polar surface area (TPSA) is 24.9 Å². The Labute approximate surface area is 87.6 Å². The quantitative estimate of drug-likeness (QED) is 0.831. The lowest BCUT2D eigenvalue weighted by Crippen LogP contribution is -2.01. The predicted octanol–water partition coefficient (Wildman–Crippen LogP) is 3.06. The van der Waals surface area contributed by atoms with Crippen molar-refractivity contribution in [3.05, 3.63) is 46.3 Å². The monoisotopic (exact) mass is 204 g/mol. The van der Waals surface area contributed by atoms with Crippen molar-refractivity contribution in [2.45, 2.75) is 13.5 Å². The van der Waals surface area contributed by atoms with Gasteiger partial charge in [-0.1, -0.05) is 12.1 Å². The van der Waals surface area contributed by atoms with E-state index in [1.807, 2.05) is 12.3 Å². The van der Waals surface area contributed by atoms with E-state index in [0.717, 1.165) is 12.4 Å². The fourth-order valence-electron chi connectivity index (χ4n) is 1.25. The highest BCUT2D eigenvalue weighted by Gasteiger charge is 1.98. The van der Waals surface area contributed by atoms with Crippen molar-refractivity contribution < 1.29 is 0 Å². The predicted molar refractivity (Wildman–Crippen MR) is 60.6 cm³/mol. The van der Waals surface area contributed by atoms with E-state index in [1.54, 1.807) is 11.3 Å². The summed E-state index contributed by atoms with van der Waals surface area (Å²) in [6, 6.07) is 8.19. The van der Waals surface area contributed by atoms with Crippen molar-refractivity contribution >= 4 is 17.2 Å². The number of aryl methyl sites for hydroxylation is 1. The van der Waals surface area contributed by atoms with Crippen LogP contribution in [0, 0.1) is 6.92 Å². The molecule has 72 valence electrons. The zero-order valence-corrected chi connectivity index (χ0v) is 8.84. The van der Waals surface area contributed by atoms with Crippen molar-refractivity contribution in [3.8, 4) is 0 Å². The zero-order valence-electron chi connectivity index (χ0n) is 8.03. The Balaban J connectivity index is 2.02. The number of hydrogen-bond acceptors (Lipinski definition) is 3. The van der Waals surface area contributed by atoms with Crippen molar-refractivity contribution in [2.75, 3.05) is 5.32 Å². The minimum Gasteiger partial charge on any atom is -0.365 e. The summed E-state index contributed by atoms with van der Waals surface area (Å²) in [7, 11) is 0. The summed E-state index contributed by atoms with van der Waals surface area (Å²) in [4.78, 5) is 5.60. The number of hydrogen-bond donors (Lipinski definition) is 1. The van der Waals surface area contributed by atoms with Gasteiger partial charge in [0.1, 0.15) is 5.82 Å². The van der Waals surface area contributed by atoms with Crippen LogP contribution in [0.3, 0.4) is 0 Å². The number of anilines is 1. The molecule has 0 aliphatic rings. The van der Waals surface area contributed by atoms with Crippen LogP contribution < -0.4 is 5.32 Å². The normalized spacial score (nSPS) is 10.1. The van der Waals surface area contributed by atoms with E-state index >= 15 is 0 Å². The smallest absolute Gasteiger partial charge is 0.129 e. The molecule has 0 amide bonds. The van der Waals surface area contributed by atoms with Gasteiger partial charge in [0.25, 0.3) is 0 Å². The summed E-state index contributed by atoms with van der Waals surface area (Å²) in [6.07, 6.45) is 1.81. The lowest BCUT2D eigenvalue weighted by molar-refractivity contribution is 1.12. The summed E-state index contributed by atoms with van der Waals surface area (Å²) < 4.78 is 0. The van der Waals surface area contributed by atoms with Crippen molar-refractivity contribution in [1.29, 1.82) is 0 Å². The average Bonchev–Trinajstić information content (AvgIpc) is 2.69. The summed E-state index contributed by atoms with van der Waals surface area (Å²) in [5.41, 5.74) is 1.18. The van der Waals surface area contributed by atoms with E-state index in [0.29, 0.717) is 0 Å². The van der Waals surface area contributed by atoms with Crippen molar-refractivity contribution in [2.24, 2.45) is 0 Å². The Bertz CT molecular complexity index is 395. The molecule has 0 radical (unpaired) electrons. The van der Waals surface area contributed by atoms with Crippen LogP contribution >= 0.6 is 11.3 Å². The molecule has 2 nitrogen and oxygen atoms in total. The third-order valence-corrected chi connectivity index (χ3v) is 2.90. The van der Waals surface area contributed by atoms with Gasteiger partial charge in [-0.15, -0.1) is 11.3 Å². The molecule has 0 spiro atoms. The maximum atomic E-state index is 4.27. The van der Waals surface area contributed by atoms with Gasteiger partial charge < -0.3 is 5.32 Å². The highest BCUT2D eigenvalue weighted by Crippen LogP contribution is 2.13. The van der Waals surface area contributed by atoms with Gasteiger partial charge in [0.05, 0.1) is 6.54 Å². The van der Waals surface area contributed by atoms with Gasteiger partial charge in [-0.05, 0) is 30.0 Å². The largest absolute Gasteiger partial charge is 0.365 e. The van der Waals surface area contributed by atoms with Gasteiger partial charge in [0, 0.05) is 11.1 Å². The van der Waals surface area contributed by atoms with Gasteiger partial charge in [-0.25, -0.2) is 4.98 Å². The Morgan fingerprint density at radius 2 is 2.29 bits per heavy atom. The molecule has 0 aliphatic carbocycles. The molecule has 0 aliphatic heterocycles. The number of aromatic nitrogens is 1. The Hall–Kier alpha value is -1.35. The molecule has 0 fully saturated rings. The molecular weight excluding hydrogens is 192 g/mol. The first-order chi connectivity index (χ1) is 6.86. The second kappa shape index (κ2) is 4.24. The third kappa shape index (κ3) is 2.12. The number of nitrogens with one attached hydrogen (secondary N) is 1. The van der Waals surface area contributed by atoms with Crippen LogP contribution in [0.15, 0.2) is 35.8 Å². The summed E-state index contributed by atoms with van der Waals surface area (Å²) in [6.45, 7) is 2.92. The molecule has 0 bridgehead atoms. The van der Waals surface area contributed by atoms with E-state index in [-0.39, 0.29) is 0 Å². The lowest BCUT2D eigenvalue weighted by Gasteiger charge is -2.05. The molecule has 2 aromatic heterocycles. The summed E-state index contributed by atoms with van der Waals surface area (Å²) in [5, 5.41) is 5.40. The fraction of sp³-hybridized carbons (Fsp3) is 0.182. The number of thiophene rings is 1. The average molecular weight is 204 g/mol. The third-order valence-electron chi connectivity index (χ3n) is 2.02. The molecule has 0 saturated heterocycles. The van der Waals surface area contributed by atoms with Gasteiger partial charge in [-0.3, -0.25) is 0 Å². The van der Waals surface area contributed by atoms with Gasteiger partial charge in [0.15, 0.2) is 0 Å². The lowest BCUT2D eigenvalue weighted by atomic mass is 10.3. The Morgan fingerprint density at radius 1 is 1.36 bits per heavy atom. The molecular formula is C11H12N2S. The van der Waals surface area contributed by atoms with E-state index in [4.69, 9.17) is 0 Å². The van der Waals surface area contributed by atoms with Crippen LogP contribution in [-0.2, 0) is 6.54 Å². The minimum absolute atomic E-state index is 0.857. The van der Waals surface area contributed by atoms with Crippen molar-refractivity contribution in [3.63, 3.8) is 0 Å². The molecule has 3 heteroatoms. The fourth-order valence-corrected chi connectivity index (χ4v) is 1.90. The van der Waals surface area contributed by atoms with Crippen LogP contribution in [0.25, 0.3) is 0 Å². The van der Waals surface area contributed by atoms with E-state index in [2.05, 4.69) is 40.8 Å². The van der Waals surface area contributed by atoms with Crippen LogP contribution in [0.2, 0.25) is 0 Å². The van der Waals surface area contributed by atoms with Gasteiger partial charge >= 0.3 is 0 Å². The van der Waals surface area contributed by atoms with Crippen LogP contribution in [0.4, 0.5) is 5.82 Å². The molecule has 2 aromatic rings. The molecule has 0 aromatic carbocycles. The SMILES string of the molecule is Cc1cccnc1NCc1cccs1. The molecule has 1 N–H and O–H groups in total. The summed E-state index contributed by atoms with van der Waals surface area (Å²) >= 11 is 1.76. The second-order valence-corrected chi connectivity index (χ2v) is 4.13.